The molecule has 0 aliphatic carbocycles. The van der Waals surface area contributed by atoms with Crippen molar-refractivity contribution in [3.05, 3.63) is 150 Å². The van der Waals surface area contributed by atoms with Crippen molar-refractivity contribution in [2.45, 2.75) is 57.0 Å². The van der Waals surface area contributed by atoms with Gasteiger partial charge in [0, 0.05) is 43.9 Å². The third-order valence-electron chi connectivity index (χ3n) is 9.87. The van der Waals surface area contributed by atoms with Gasteiger partial charge >= 0.3 is 6.03 Å². The number of likely N-dealkylation sites (tertiary alicyclic amines) is 1. The molecule has 0 radical (unpaired) electrons. The fourth-order valence-electron chi connectivity index (χ4n) is 7.13. The number of nitrogens with zero attached hydrogens (tertiary/aromatic N) is 1. The summed E-state index contributed by atoms with van der Waals surface area (Å²) < 4.78 is 24.8. The summed E-state index contributed by atoms with van der Waals surface area (Å²) in [6, 6.07) is 41.4. The Labute approximate surface area is 311 Å². The van der Waals surface area contributed by atoms with Crippen LogP contribution >= 0.6 is 0 Å². The van der Waals surface area contributed by atoms with E-state index in [4.69, 9.17) is 18.9 Å². The number of benzene rings is 5. The molecule has 5 aromatic carbocycles. The lowest BCUT2D eigenvalue weighted by Crippen LogP contribution is -2.42. The van der Waals surface area contributed by atoms with Gasteiger partial charge in [0.2, 0.25) is 0 Å². The Kier molecular flexibility index (Phi) is 12.1. The van der Waals surface area contributed by atoms with E-state index in [0.29, 0.717) is 24.0 Å². The van der Waals surface area contributed by atoms with Crippen molar-refractivity contribution in [3.8, 4) is 22.6 Å². The van der Waals surface area contributed by atoms with Crippen LogP contribution in [0, 0.1) is 0 Å². The van der Waals surface area contributed by atoms with E-state index in [1.807, 2.05) is 97.1 Å². The van der Waals surface area contributed by atoms with Gasteiger partial charge in [-0.25, -0.2) is 4.79 Å². The first-order valence-corrected chi connectivity index (χ1v) is 18.3. The number of urea groups is 1. The van der Waals surface area contributed by atoms with Gasteiger partial charge in [-0.3, -0.25) is 4.90 Å². The maximum Gasteiger partial charge on any atom is 0.319 e. The average Bonchev–Trinajstić information content (AvgIpc) is 3.64. The van der Waals surface area contributed by atoms with Gasteiger partial charge in [0.1, 0.15) is 11.5 Å². The van der Waals surface area contributed by atoms with Crippen LogP contribution in [0.3, 0.4) is 0 Å². The second-order valence-electron chi connectivity index (χ2n) is 13.7. The van der Waals surface area contributed by atoms with Gasteiger partial charge in [-0.15, -0.1) is 0 Å². The van der Waals surface area contributed by atoms with Crippen LogP contribution in [0.1, 0.15) is 53.9 Å². The van der Waals surface area contributed by atoms with Crippen LogP contribution in [0.15, 0.2) is 127 Å². The summed E-state index contributed by atoms with van der Waals surface area (Å²) in [7, 11) is 1.77. The molecule has 3 N–H and O–H groups in total. The molecule has 0 saturated carbocycles. The van der Waals surface area contributed by atoms with Crippen LogP contribution in [-0.4, -0.2) is 55.0 Å². The molecule has 2 heterocycles. The normalized spacial score (nSPS) is 20.2. The minimum absolute atomic E-state index is 0.00769. The van der Waals surface area contributed by atoms with Crippen molar-refractivity contribution in [1.29, 1.82) is 0 Å². The Hall–Kier alpha value is -5.03. The molecule has 7 rings (SSSR count). The molecule has 0 bridgehead atoms. The quantitative estimate of drug-likeness (QED) is 0.112. The molecule has 53 heavy (non-hydrogen) atoms. The van der Waals surface area contributed by atoms with Gasteiger partial charge in [0.15, 0.2) is 6.29 Å². The van der Waals surface area contributed by atoms with E-state index >= 15 is 0 Å². The number of ether oxygens (including phenoxy) is 4. The number of amides is 2. The molecule has 4 atom stereocenters. The maximum absolute atomic E-state index is 12.8. The molecule has 4 unspecified atom stereocenters. The Morgan fingerprint density at radius 1 is 0.811 bits per heavy atom. The monoisotopic (exact) mass is 713 g/mol. The highest BCUT2D eigenvalue weighted by Crippen LogP contribution is 2.39. The zero-order valence-corrected chi connectivity index (χ0v) is 30.0. The van der Waals surface area contributed by atoms with E-state index in [1.165, 1.54) is 0 Å². The molecule has 0 spiro atoms. The number of aliphatic hydroxyl groups is 1. The number of methoxy groups -OCH3 is 1. The number of carbonyl (C=O) groups excluding carboxylic acids is 1. The Morgan fingerprint density at radius 3 is 2.34 bits per heavy atom. The topological polar surface area (TPSA) is 102 Å². The third-order valence-corrected chi connectivity index (χ3v) is 9.87. The van der Waals surface area contributed by atoms with Gasteiger partial charge in [0.05, 0.1) is 25.4 Å². The summed E-state index contributed by atoms with van der Waals surface area (Å²) in [4.78, 5) is 15.3. The summed E-state index contributed by atoms with van der Waals surface area (Å²) >= 11 is 0. The van der Waals surface area contributed by atoms with E-state index < -0.39 is 6.29 Å². The van der Waals surface area contributed by atoms with Gasteiger partial charge in [-0.2, -0.15) is 0 Å². The number of hydrogen-bond acceptors (Lipinski definition) is 7. The largest absolute Gasteiger partial charge is 0.457 e. The summed E-state index contributed by atoms with van der Waals surface area (Å²) in [6.45, 7) is 2.94. The number of nitrogens with one attached hydrogen (secondary N) is 2. The van der Waals surface area contributed by atoms with Gasteiger partial charge < -0.3 is 34.7 Å². The number of hydrogen-bond donors (Lipinski definition) is 3. The third kappa shape index (κ3) is 9.70. The first-order valence-electron chi connectivity index (χ1n) is 18.3. The molecule has 274 valence electrons. The van der Waals surface area contributed by atoms with E-state index in [2.05, 4.69) is 45.9 Å². The van der Waals surface area contributed by atoms with Crippen molar-refractivity contribution in [2.75, 3.05) is 32.1 Å². The maximum atomic E-state index is 12.8. The molecule has 2 saturated heterocycles. The molecule has 2 aliphatic heterocycles. The van der Waals surface area contributed by atoms with Gasteiger partial charge in [0.25, 0.3) is 0 Å². The second-order valence-corrected chi connectivity index (χ2v) is 13.7. The van der Waals surface area contributed by atoms with Gasteiger partial charge in [-0.05, 0) is 95.7 Å². The van der Waals surface area contributed by atoms with Crippen molar-refractivity contribution in [1.82, 2.24) is 10.2 Å². The lowest BCUT2D eigenvalue weighted by molar-refractivity contribution is -0.253. The number of aliphatic hydroxyl groups excluding tert-OH is 1. The molecule has 2 amide bonds. The second kappa shape index (κ2) is 17.7. The predicted octanol–water partition coefficient (Wildman–Crippen LogP) is 8.62. The lowest BCUT2D eigenvalue weighted by Gasteiger charge is -2.39. The molecular formula is C44H47N3O6. The molecule has 5 aromatic rings. The van der Waals surface area contributed by atoms with Crippen LogP contribution in [0.2, 0.25) is 0 Å². The van der Waals surface area contributed by atoms with E-state index in [1.54, 1.807) is 7.11 Å². The Balaban J connectivity index is 1.01. The minimum atomic E-state index is -0.549. The van der Waals surface area contributed by atoms with Gasteiger partial charge in [-0.1, -0.05) is 78.9 Å². The van der Waals surface area contributed by atoms with Crippen LogP contribution in [0.5, 0.6) is 11.5 Å². The summed E-state index contributed by atoms with van der Waals surface area (Å²) in [5.74, 6) is 1.44. The molecule has 9 heteroatoms. The summed E-state index contributed by atoms with van der Waals surface area (Å²) in [5.41, 5.74) is 6.60. The number of carbonyl (C=O) groups is 1. The SMILES string of the molecule is COCC1CCCN1CC1CC(c2ccc(CO)cc2)OC(c2cccc(-c3cccc(CNC(=O)Nc4ccc(Oc5ccccc5)cc4)c3)c2)O1. The fourth-order valence-corrected chi connectivity index (χ4v) is 7.13. The number of para-hydroxylation sites is 1. The Morgan fingerprint density at radius 2 is 1.57 bits per heavy atom. The van der Waals surface area contributed by atoms with Crippen LogP contribution in [0.4, 0.5) is 10.5 Å². The first kappa shape index (κ1) is 36.3. The number of anilines is 1. The number of rotatable bonds is 13. The average molecular weight is 714 g/mol. The van der Waals surface area contributed by atoms with Crippen molar-refractivity contribution >= 4 is 11.7 Å². The zero-order valence-electron chi connectivity index (χ0n) is 30.0. The van der Waals surface area contributed by atoms with E-state index in [9.17, 15) is 9.90 Å². The van der Waals surface area contributed by atoms with E-state index in [-0.39, 0.29) is 24.8 Å². The Bertz CT molecular complexity index is 1920. The van der Waals surface area contributed by atoms with Crippen molar-refractivity contribution in [3.63, 3.8) is 0 Å². The summed E-state index contributed by atoms with van der Waals surface area (Å²) in [5, 5.41) is 15.5. The zero-order chi connectivity index (χ0) is 36.4. The molecule has 0 aromatic heterocycles. The summed E-state index contributed by atoms with van der Waals surface area (Å²) in [6.07, 6.45) is 2.30. The highest BCUT2D eigenvalue weighted by atomic mass is 16.7. The standard InChI is InChI=1S/C44H47N3O6/c1-50-30-38-12-7-23-47(38)28-41-26-42(33-17-15-31(29-48)16-18-33)53-43(52-41)36-11-6-10-35(25-36)34-9-5-8-32(24-34)27-45-44(49)46-37-19-21-40(22-20-37)51-39-13-3-2-4-14-39/h2-6,8-11,13-22,24-25,38,41-43,48H,7,12,23,26-30H2,1H3,(H2,45,46,49). The molecule has 2 aliphatic rings. The van der Waals surface area contributed by atoms with Crippen LogP contribution in [0.25, 0.3) is 11.1 Å². The first-order chi connectivity index (χ1) is 26.0. The van der Waals surface area contributed by atoms with Crippen molar-refractivity contribution < 1.29 is 28.8 Å². The minimum Gasteiger partial charge on any atom is -0.457 e. The van der Waals surface area contributed by atoms with E-state index in [0.717, 1.165) is 78.1 Å². The lowest BCUT2D eigenvalue weighted by atomic mass is 9.98. The smallest absolute Gasteiger partial charge is 0.319 e. The van der Waals surface area contributed by atoms with Crippen molar-refractivity contribution in [2.24, 2.45) is 0 Å². The highest BCUT2D eigenvalue weighted by molar-refractivity contribution is 5.89. The molecule has 2 fully saturated rings. The molecule has 9 nitrogen and oxygen atoms in total. The van der Waals surface area contributed by atoms with Crippen LogP contribution in [-0.2, 0) is 27.4 Å². The molecular weight excluding hydrogens is 666 g/mol. The van der Waals surface area contributed by atoms with Crippen LogP contribution < -0.4 is 15.4 Å². The fraction of sp³-hybridized carbons (Fsp3) is 0.295. The predicted molar refractivity (Wildman–Crippen MR) is 206 cm³/mol. The highest BCUT2D eigenvalue weighted by Gasteiger charge is 2.35.